The van der Waals surface area contributed by atoms with Crippen LogP contribution in [0, 0.1) is 0 Å². The highest BCUT2D eigenvalue weighted by Crippen LogP contribution is 2.55. The van der Waals surface area contributed by atoms with E-state index in [9.17, 15) is 52.7 Å². The van der Waals surface area contributed by atoms with Crippen molar-refractivity contribution in [2.45, 2.75) is 35.9 Å². The summed E-state index contributed by atoms with van der Waals surface area (Å²) >= 11 is 0. The molecule has 1 aromatic carbocycles. The van der Waals surface area contributed by atoms with Crippen molar-refractivity contribution in [3.8, 4) is 0 Å². The summed E-state index contributed by atoms with van der Waals surface area (Å²) in [5.41, 5.74) is -16.1. The topological polar surface area (TPSA) is 18.5 Å². The van der Waals surface area contributed by atoms with E-state index in [0.717, 1.165) is 0 Å². The summed E-state index contributed by atoms with van der Waals surface area (Å²) in [5.74, 6) is 0. The van der Waals surface area contributed by atoms with E-state index in [2.05, 4.69) is 9.47 Å². The molecule has 0 aliphatic heterocycles. The van der Waals surface area contributed by atoms with Crippen molar-refractivity contribution in [3.63, 3.8) is 0 Å². The number of rotatable bonds is 4. The first-order chi connectivity index (χ1) is 12.7. The summed E-state index contributed by atoms with van der Waals surface area (Å²) in [4.78, 5) is 0. The standard InChI is InChI=1S/C14H9BF12O2/c1-28-9(11(16,17)18,12(19,20)21)6-3-7(5-8(15)4-6)10(29-2,13(22,23)24)14(25,26)27/h3-5H,1-2H3. The molecule has 0 aliphatic rings. The third-order valence-corrected chi connectivity index (χ3v) is 3.98. The van der Waals surface area contributed by atoms with Crippen molar-refractivity contribution in [3.05, 3.63) is 29.3 Å². The molecule has 2 radical (unpaired) electrons. The first-order valence-corrected chi connectivity index (χ1v) is 7.01. The van der Waals surface area contributed by atoms with E-state index in [1.54, 1.807) is 0 Å². The van der Waals surface area contributed by atoms with Crippen LogP contribution in [0.4, 0.5) is 52.7 Å². The molecule has 0 unspecified atom stereocenters. The largest absolute Gasteiger partial charge is 0.430 e. The maximum atomic E-state index is 13.3. The van der Waals surface area contributed by atoms with Crippen LogP contribution in [0.25, 0.3) is 0 Å². The molecule has 0 fully saturated rings. The molecular weight excluding hydrogens is 439 g/mol. The third kappa shape index (κ3) is 3.78. The van der Waals surface area contributed by atoms with E-state index in [0.29, 0.717) is 0 Å². The van der Waals surface area contributed by atoms with Crippen LogP contribution in [-0.2, 0) is 20.7 Å². The number of halogens is 12. The lowest BCUT2D eigenvalue weighted by Gasteiger charge is -2.39. The Morgan fingerprint density at radius 2 is 0.793 bits per heavy atom. The van der Waals surface area contributed by atoms with Gasteiger partial charge in [-0.25, -0.2) is 0 Å². The summed E-state index contributed by atoms with van der Waals surface area (Å²) in [6.45, 7) is 0. The predicted molar refractivity (Wildman–Crippen MR) is 73.4 cm³/mol. The Kier molecular flexibility index (Phi) is 6.35. The zero-order valence-electron chi connectivity index (χ0n) is 14.2. The summed E-state index contributed by atoms with van der Waals surface area (Å²) < 4.78 is 167. The van der Waals surface area contributed by atoms with Crippen molar-refractivity contribution in [1.82, 2.24) is 0 Å². The number of ether oxygens (including phenoxy) is 2. The second-order valence-corrected chi connectivity index (χ2v) is 5.61. The van der Waals surface area contributed by atoms with Crippen LogP contribution >= 0.6 is 0 Å². The lowest BCUT2D eigenvalue weighted by atomic mass is 9.80. The molecule has 0 bridgehead atoms. The molecule has 0 aliphatic carbocycles. The van der Waals surface area contributed by atoms with Gasteiger partial charge >= 0.3 is 24.7 Å². The van der Waals surface area contributed by atoms with E-state index in [-0.39, 0.29) is 26.4 Å². The molecule has 29 heavy (non-hydrogen) atoms. The average molecular weight is 448 g/mol. The smallest absolute Gasteiger partial charge is 0.357 e. The lowest BCUT2D eigenvalue weighted by molar-refractivity contribution is -0.385. The van der Waals surface area contributed by atoms with Crippen LogP contribution in [-0.4, -0.2) is 46.8 Å². The van der Waals surface area contributed by atoms with Gasteiger partial charge in [0.2, 0.25) is 0 Å². The molecule has 0 heterocycles. The van der Waals surface area contributed by atoms with Gasteiger partial charge in [0.1, 0.15) is 7.85 Å². The first kappa shape index (κ1) is 25.4. The Hall–Kier alpha value is -1.64. The van der Waals surface area contributed by atoms with Gasteiger partial charge in [0.15, 0.2) is 0 Å². The van der Waals surface area contributed by atoms with E-state index >= 15 is 0 Å². The summed E-state index contributed by atoms with van der Waals surface area (Å²) in [6.07, 6.45) is -25.3. The molecule has 0 spiro atoms. The summed E-state index contributed by atoms with van der Waals surface area (Å²) in [7, 11) is 4.92. The molecule has 0 amide bonds. The quantitative estimate of drug-likeness (QED) is 0.502. The van der Waals surface area contributed by atoms with Crippen molar-refractivity contribution >= 4 is 13.3 Å². The molecule has 164 valence electrons. The van der Waals surface area contributed by atoms with Gasteiger partial charge in [-0.3, -0.25) is 0 Å². The van der Waals surface area contributed by atoms with Gasteiger partial charge in [0.05, 0.1) is 0 Å². The molecule has 1 rings (SSSR count). The number of hydrogen-bond acceptors (Lipinski definition) is 2. The van der Waals surface area contributed by atoms with Crippen LogP contribution in [0.5, 0.6) is 0 Å². The number of benzene rings is 1. The zero-order valence-corrected chi connectivity index (χ0v) is 14.2. The Balaban J connectivity index is 4.10. The third-order valence-electron chi connectivity index (χ3n) is 3.98. The van der Waals surface area contributed by atoms with Crippen LogP contribution < -0.4 is 5.46 Å². The van der Waals surface area contributed by atoms with Gasteiger partial charge in [-0.2, -0.15) is 52.7 Å². The van der Waals surface area contributed by atoms with E-state index in [4.69, 9.17) is 7.85 Å². The van der Waals surface area contributed by atoms with Crippen LogP contribution in [0.3, 0.4) is 0 Å². The zero-order chi connectivity index (χ0) is 23.3. The second kappa shape index (κ2) is 7.25. The molecule has 0 aromatic heterocycles. The Morgan fingerprint density at radius 3 is 0.966 bits per heavy atom. The van der Waals surface area contributed by atoms with Gasteiger partial charge in [-0.1, -0.05) is 17.6 Å². The highest BCUT2D eigenvalue weighted by Gasteiger charge is 2.75. The summed E-state index contributed by atoms with van der Waals surface area (Å²) in [6, 6.07) is -0.798. The Bertz CT molecular complexity index is 646. The van der Waals surface area contributed by atoms with Gasteiger partial charge < -0.3 is 9.47 Å². The monoisotopic (exact) mass is 448 g/mol. The van der Waals surface area contributed by atoms with Gasteiger partial charge in [0.25, 0.3) is 11.2 Å². The molecule has 1 aromatic rings. The maximum Gasteiger partial charge on any atom is 0.430 e. The first-order valence-electron chi connectivity index (χ1n) is 7.01. The predicted octanol–water partition coefficient (Wildman–Crippen LogP) is 4.41. The van der Waals surface area contributed by atoms with E-state index < -0.39 is 58.6 Å². The molecule has 0 saturated carbocycles. The average Bonchev–Trinajstić information content (AvgIpc) is 2.42. The van der Waals surface area contributed by atoms with Gasteiger partial charge in [0, 0.05) is 25.3 Å². The SMILES string of the molecule is [B]c1cc(C(OC)(C(F)(F)F)C(F)(F)F)cc(C(OC)(C(F)(F)F)C(F)(F)F)c1. The number of alkyl halides is 12. The fraction of sp³-hybridized carbons (Fsp3) is 0.571. The molecule has 0 atom stereocenters. The Morgan fingerprint density at radius 1 is 0.552 bits per heavy atom. The molecule has 15 heteroatoms. The van der Waals surface area contributed by atoms with E-state index in [1.807, 2.05) is 0 Å². The normalized spacial score (nSPS) is 15.0. The minimum atomic E-state index is -6.34. The molecule has 0 N–H and O–H groups in total. The minimum Gasteiger partial charge on any atom is -0.357 e. The highest BCUT2D eigenvalue weighted by molar-refractivity contribution is 6.32. The van der Waals surface area contributed by atoms with Crippen LogP contribution in [0.2, 0.25) is 0 Å². The van der Waals surface area contributed by atoms with Crippen LogP contribution in [0.15, 0.2) is 18.2 Å². The Labute approximate surface area is 156 Å². The molecule has 2 nitrogen and oxygen atoms in total. The number of methoxy groups -OCH3 is 2. The van der Waals surface area contributed by atoms with Crippen molar-refractivity contribution < 1.29 is 62.2 Å². The lowest BCUT2D eigenvalue weighted by Crippen LogP contribution is -2.57. The van der Waals surface area contributed by atoms with Crippen molar-refractivity contribution in [1.29, 1.82) is 0 Å². The van der Waals surface area contributed by atoms with Gasteiger partial charge in [-0.05, 0) is 6.07 Å². The van der Waals surface area contributed by atoms with Crippen molar-refractivity contribution in [2.75, 3.05) is 14.2 Å². The maximum absolute atomic E-state index is 13.3. The van der Waals surface area contributed by atoms with Gasteiger partial charge in [-0.15, -0.1) is 0 Å². The fourth-order valence-electron chi connectivity index (χ4n) is 2.73. The van der Waals surface area contributed by atoms with Crippen molar-refractivity contribution in [2.24, 2.45) is 0 Å². The highest BCUT2D eigenvalue weighted by atomic mass is 19.4. The minimum absolute atomic E-state index is 0.0685. The van der Waals surface area contributed by atoms with E-state index in [1.165, 1.54) is 0 Å². The number of hydrogen-bond donors (Lipinski definition) is 0. The summed E-state index contributed by atoms with van der Waals surface area (Å²) in [5, 5.41) is 0. The fourth-order valence-corrected chi connectivity index (χ4v) is 2.73. The van der Waals surface area contributed by atoms with Crippen LogP contribution in [0.1, 0.15) is 11.1 Å². The molecular formula is C14H9BF12O2. The second-order valence-electron chi connectivity index (χ2n) is 5.61. The molecule has 0 saturated heterocycles.